The van der Waals surface area contributed by atoms with E-state index in [4.69, 9.17) is 4.18 Å². The van der Waals surface area contributed by atoms with Gasteiger partial charge in [0.25, 0.3) is 10.1 Å². The highest BCUT2D eigenvalue weighted by molar-refractivity contribution is 7.85. The highest BCUT2D eigenvalue weighted by Crippen LogP contribution is 2.13. The lowest BCUT2D eigenvalue weighted by molar-refractivity contribution is 0.360. The summed E-state index contributed by atoms with van der Waals surface area (Å²) in [5.41, 5.74) is 5.42. The molecule has 0 bridgehead atoms. The van der Waals surface area contributed by atoms with E-state index < -0.39 is 10.1 Å². The molecule has 0 atom stereocenters. The molecule has 0 heterocycles. The van der Waals surface area contributed by atoms with Crippen LogP contribution in [0.4, 0.5) is 0 Å². The van der Waals surface area contributed by atoms with Gasteiger partial charge in [-0.1, -0.05) is 46.6 Å². The highest BCUT2D eigenvalue weighted by Gasteiger charge is 1.99. The summed E-state index contributed by atoms with van der Waals surface area (Å²) in [6.07, 6.45) is 16.2. The zero-order chi connectivity index (χ0) is 19.3. The normalized spacial score (nSPS) is 13.9. The van der Waals surface area contributed by atoms with Gasteiger partial charge < -0.3 is 0 Å². The molecule has 0 aromatic carbocycles. The first-order valence-electron chi connectivity index (χ1n) is 9.05. The maximum atomic E-state index is 10.9. The van der Waals surface area contributed by atoms with Crippen molar-refractivity contribution in [3.05, 3.63) is 46.6 Å². The Kier molecular flexibility index (Phi) is 12.5. The molecule has 0 N–H and O–H groups in total. The topological polar surface area (TPSA) is 43.4 Å². The van der Waals surface area contributed by atoms with Crippen molar-refractivity contribution in [2.45, 2.75) is 73.1 Å². The molecule has 0 saturated carbocycles. The molecule has 0 saturated heterocycles. The maximum absolute atomic E-state index is 10.9. The van der Waals surface area contributed by atoms with E-state index in [-0.39, 0.29) is 6.61 Å². The van der Waals surface area contributed by atoms with Crippen LogP contribution in [0.2, 0.25) is 0 Å². The Labute approximate surface area is 155 Å². The van der Waals surface area contributed by atoms with Gasteiger partial charge in [-0.3, -0.25) is 4.18 Å². The second-order valence-electron chi connectivity index (χ2n) is 7.04. The highest BCUT2D eigenvalue weighted by atomic mass is 32.2. The fraction of sp³-hybridized carbons (Fsp3) is 0.619. The second-order valence-corrected chi connectivity index (χ2v) is 8.68. The van der Waals surface area contributed by atoms with Crippen molar-refractivity contribution >= 4 is 10.1 Å². The summed E-state index contributed by atoms with van der Waals surface area (Å²) in [6.45, 7) is 10.8. The third-order valence-corrected chi connectivity index (χ3v) is 4.43. The molecular formula is C21H36O3S. The van der Waals surface area contributed by atoms with Gasteiger partial charge in [-0.05, 0) is 73.1 Å². The third kappa shape index (κ3) is 17.5. The number of hydrogen-bond acceptors (Lipinski definition) is 3. The van der Waals surface area contributed by atoms with Crippen LogP contribution in [-0.2, 0) is 14.3 Å². The largest absolute Gasteiger partial charge is 0.266 e. The molecular weight excluding hydrogens is 332 g/mol. The molecule has 0 aliphatic carbocycles. The monoisotopic (exact) mass is 368 g/mol. The molecule has 144 valence electrons. The molecule has 0 radical (unpaired) electrons. The van der Waals surface area contributed by atoms with E-state index in [1.807, 2.05) is 13.0 Å². The molecule has 3 nitrogen and oxygen atoms in total. The van der Waals surface area contributed by atoms with Gasteiger partial charge in [0.2, 0.25) is 0 Å². The van der Waals surface area contributed by atoms with Crippen molar-refractivity contribution < 1.29 is 12.6 Å². The van der Waals surface area contributed by atoms with Crippen LogP contribution in [0, 0.1) is 0 Å². The number of hydrogen-bond donors (Lipinski definition) is 0. The fourth-order valence-corrected chi connectivity index (χ4v) is 2.60. The smallest absolute Gasteiger partial charge is 0.264 e. The average molecular weight is 369 g/mol. The molecule has 0 aromatic rings. The second kappa shape index (κ2) is 13.1. The van der Waals surface area contributed by atoms with E-state index in [0.717, 1.165) is 50.4 Å². The lowest BCUT2D eigenvalue weighted by atomic mass is 10.0. The molecule has 0 spiro atoms. The van der Waals surface area contributed by atoms with Gasteiger partial charge in [-0.25, -0.2) is 0 Å². The van der Waals surface area contributed by atoms with Crippen molar-refractivity contribution in [1.82, 2.24) is 0 Å². The van der Waals surface area contributed by atoms with Crippen molar-refractivity contribution in [3.63, 3.8) is 0 Å². The molecule has 0 rings (SSSR count). The first kappa shape index (κ1) is 23.9. The molecule has 0 aliphatic heterocycles. The number of allylic oxidation sites excluding steroid dienone is 7. The molecule has 0 fully saturated rings. The van der Waals surface area contributed by atoms with Crippen molar-refractivity contribution in [2.75, 3.05) is 12.9 Å². The molecule has 0 amide bonds. The quantitative estimate of drug-likeness (QED) is 0.308. The van der Waals surface area contributed by atoms with Gasteiger partial charge in [0, 0.05) is 0 Å². The summed E-state index contributed by atoms with van der Waals surface area (Å²) in [4.78, 5) is 0. The van der Waals surface area contributed by atoms with E-state index in [9.17, 15) is 8.42 Å². The van der Waals surface area contributed by atoms with Crippen LogP contribution in [0.5, 0.6) is 0 Å². The predicted octanol–water partition coefficient (Wildman–Crippen LogP) is 6.11. The van der Waals surface area contributed by atoms with Crippen LogP contribution in [-0.4, -0.2) is 21.3 Å². The Morgan fingerprint density at radius 3 is 1.52 bits per heavy atom. The van der Waals surface area contributed by atoms with Crippen molar-refractivity contribution in [2.24, 2.45) is 0 Å². The summed E-state index contributed by atoms with van der Waals surface area (Å²) in [5, 5.41) is 0. The van der Waals surface area contributed by atoms with Gasteiger partial charge in [-0.2, -0.15) is 8.42 Å². The summed E-state index contributed by atoms with van der Waals surface area (Å²) < 4.78 is 26.5. The molecule has 0 aliphatic rings. The first-order valence-corrected chi connectivity index (χ1v) is 10.9. The SMILES string of the molecule is CC(C)=CCCC(C)=CCCC(C)=CCCC(C)=CCOS(C)(=O)=O. The fourth-order valence-electron chi connectivity index (χ4n) is 2.29. The Bertz CT molecular complexity index is 601. The van der Waals surface area contributed by atoms with E-state index >= 15 is 0 Å². The molecule has 25 heavy (non-hydrogen) atoms. The minimum absolute atomic E-state index is 0.129. The standard InChI is InChI=1S/C21H36O3S/c1-18(2)10-7-11-19(3)12-8-13-20(4)14-9-15-21(5)16-17-24-25(6,22)23/h10,12,14,16H,7-9,11,13,15,17H2,1-6H3. The van der Waals surface area contributed by atoms with Gasteiger partial charge >= 0.3 is 0 Å². The van der Waals surface area contributed by atoms with Gasteiger partial charge in [0.05, 0.1) is 12.9 Å². The van der Waals surface area contributed by atoms with Crippen LogP contribution in [0.1, 0.15) is 73.1 Å². The summed E-state index contributed by atoms with van der Waals surface area (Å²) in [7, 11) is -3.35. The zero-order valence-corrected chi connectivity index (χ0v) is 17.7. The Balaban J connectivity index is 4.05. The van der Waals surface area contributed by atoms with Gasteiger partial charge in [0.1, 0.15) is 0 Å². The summed E-state index contributed by atoms with van der Waals surface area (Å²) in [5.74, 6) is 0. The van der Waals surface area contributed by atoms with Gasteiger partial charge in [-0.15, -0.1) is 0 Å². The van der Waals surface area contributed by atoms with Crippen LogP contribution < -0.4 is 0 Å². The Hall–Kier alpha value is -1.13. The molecule has 0 unspecified atom stereocenters. The van der Waals surface area contributed by atoms with Gasteiger partial charge in [0.15, 0.2) is 0 Å². The third-order valence-electron chi connectivity index (χ3n) is 3.87. The van der Waals surface area contributed by atoms with E-state index in [0.29, 0.717) is 0 Å². The van der Waals surface area contributed by atoms with Crippen LogP contribution >= 0.6 is 0 Å². The molecule has 0 aromatic heterocycles. The Morgan fingerprint density at radius 1 is 0.720 bits per heavy atom. The molecule has 4 heteroatoms. The van der Waals surface area contributed by atoms with E-state index in [2.05, 4.69) is 45.9 Å². The average Bonchev–Trinajstić information content (AvgIpc) is 2.45. The van der Waals surface area contributed by atoms with E-state index in [1.54, 1.807) is 0 Å². The van der Waals surface area contributed by atoms with Crippen LogP contribution in [0.25, 0.3) is 0 Å². The van der Waals surface area contributed by atoms with E-state index in [1.165, 1.54) is 16.7 Å². The Morgan fingerprint density at radius 2 is 1.12 bits per heavy atom. The first-order chi connectivity index (χ1) is 11.6. The predicted molar refractivity (Wildman–Crippen MR) is 109 cm³/mol. The summed E-state index contributed by atoms with van der Waals surface area (Å²) >= 11 is 0. The minimum atomic E-state index is -3.35. The summed E-state index contributed by atoms with van der Waals surface area (Å²) in [6, 6.07) is 0. The van der Waals surface area contributed by atoms with Crippen LogP contribution in [0.3, 0.4) is 0 Å². The maximum Gasteiger partial charge on any atom is 0.264 e. The zero-order valence-electron chi connectivity index (χ0n) is 16.9. The minimum Gasteiger partial charge on any atom is -0.266 e. The lowest BCUT2D eigenvalue weighted by Crippen LogP contribution is -2.02. The lowest BCUT2D eigenvalue weighted by Gasteiger charge is -2.03. The van der Waals surface area contributed by atoms with Crippen molar-refractivity contribution in [3.8, 4) is 0 Å². The number of rotatable bonds is 12. The van der Waals surface area contributed by atoms with Crippen LogP contribution in [0.15, 0.2) is 46.6 Å². The van der Waals surface area contributed by atoms with Crippen molar-refractivity contribution in [1.29, 1.82) is 0 Å².